The van der Waals surface area contributed by atoms with E-state index in [0.29, 0.717) is 5.41 Å². The number of hydrogen-bond donors (Lipinski definition) is 1. The van der Waals surface area contributed by atoms with Crippen molar-refractivity contribution in [3.8, 4) is 0 Å². The molecule has 96 valence electrons. The molecule has 1 fully saturated rings. The van der Waals surface area contributed by atoms with Gasteiger partial charge in [0.2, 0.25) is 0 Å². The highest BCUT2D eigenvalue weighted by atomic mass is 15.1. The molecule has 0 amide bonds. The summed E-state index contributed by atoms with van der Waals surface area (Å²) in [5.41, 5.74) is 0.502. The maximum atomic E-state index is 3.55. The average Bonchev–Trinajstić information content (AvgIpc) is 2.28. The molecule has 1 N–H and O–H groups in total. The lowest BCUT2D eigenvalue weighted by atomic mass is 9.82. The predicted octanol–water partition coefficient (Wildman–Crippen LogP) is 2.74. The van der Waals surface area contributed by atoms with Crippen LogP contribution in [0.1, 0.15) is 47.0 Å². The summed E-state index contributed by atoms with van der Waals surface area (Å²) in [6, 6.07) is 0. The van der Waals surface area contributed by atoms with Gasteiger partial charge >= 0.3 is 0 Å². The molecule has 2 heteroatoms. The highest BCUT2D eigenvalue weighted by molar-refractivity contribution is 4.84. The van der Waals surface area contributed by atoms with Crippen LogP contribution in [0.4, 0.5) is 0 Å². The van der Waals surface area contributed by atoms with E-state index in [1.807, 2.05) is 0 Å². The zero-order valence-electron chi connectivity index (χ0n) is 11.7. The van der Waals surface area contributed by atoms with Crippen molar-refractivity contribution in [1.29, 1.82) is 0 Å². The zero-order valence-corrected chi connectivity index (χ0v) is 11.7. The Labute approximate surface area is 102 Å². The van der Waals surface area contributed by atoms with Gasteiger partial charge in [-0.15, -0.1) is 0 Å². The summed E-state index contributed by atoms with van der Waals surface area (Å²) < 4.78 is 0. The first-order chi connectivity index (χ1) is 7.59. The van der Waals surface area contributed by atoms with Crippen LogP contribution in [-0.2, 0) is 0 Å². The van der Waals surface area contributed by atoms with Gasteiger partial charge in [0.1, 0.15) is 0 Å². The SMILES string of the molecule is CCC(C)CN(CC)CC1(C)CCCNC1. The summed E-state index contributed by atoms with van der Waals surface area (Å²) in [5, 5.41) is 3.55. The molecule has 2 unspecified atom stereocenters. The lowest BCUT2D eigenvalue weighted by Gasteiger charge is -2.39. The van der Waals surface area contributed by atoms with Gasteiger partial charge in [-0.1, -0.05) is 34.1 Å². The van der Waals surface area contributed by atoms with Crippen molar-refractivity contribution in [3.05, 3.63) is 0 Å². The molecule has 0 aromatic heterocycles. The number of nitrogens with zero attached hydrogens (tertiary/aromatic N) is 1. The van der Waals surface area contributed by atoms with E-state index in [4.69, 9.17) is 0 Å². The van der Waals surface area contributed by atoms with E-state index >= 15 is 0 Å². The molecule has 0 radical (unpaired) electrons. The summed E-state index contributed by atoms with van der Waals surface area (Å²) in [7, 11) is 0. The zero-order chi connectivity index (χ0) is 12.0. The molecule has 1 heterocycles. The van der Waals surface area contributed by atoms with Crippen molar-refractivity contribution in [3.63, 3.8) is 0 Å². The molecule has 1 rings (SSSR count). The molecule has 1 aliphatic heterocycles. The van der Waals surface area contributed by atoms with Crippen LogP contribution in [0.3, 0.4) is 0 Å². The van der Waals surface area contributed by atoms with Gasteiger partial charge in [0.25, 0.3) is 0 Å². The molecule has 16 heavy (non-hydrogen) atoms. The van der Waals surface area contributed by atoms with Crippen molar-refractivity contribution in [2.45, 2.75) is 47.0 Å². The smallest absolute Gasteiger partial charge is 0.00475 e. The third kappa shape index (κ3) is 4.42. The minimum Gasteiger partial charge on any atom is -0.316 e. The van der Waals surface area contributed by atoms with Crippen LogP contribution in [0, 0.1) is 11.3 Å². The van der Waals surface area contributed by atoms with E-state index in [1.165, 1.54) is 52.0 Å². The van der Waals surface area contributed by atoms with E-state index in [-0.39, 0.29) is 0 Å². The number of rotatable bonds is 6. The van der Waals surface area contributed by atoms with Gasteiger partial charge in [-0.3, -0.25) is 0 Å². The second-order valence-electron chi connectivity index (χ2n) is 5.93. The van der Waals surface area contributed by atoms with E-state index in [0.717, 1.165) is 5.92 Å². The molecule has 0 saturated carbocycles. The highest BCUT2D eigenvalue weighted by Crippen LogP contribution is 2.26. The standard InChI is InChI=1S/C14H30N2/c1-5-13(3)10-16(6-2)12-14(4)8-7-9-15-11-14/h13,15H,5-12H2,1-4H3. The molecule has 0 aromatic rings. The third-order valence-electron chi connectivity index (χ3n) is 4.00. The number of nitrogens with one attached hydrogen (secondary N) is 1. The van der Waals surface area contributed by atoms with Gasteiger partial charge in [0.05, 0.1) is 0 Å². The maximum Gasteiger partial charge on any atom is 0.00475 e. The summed E-state index contributed by atoms with van der Waals surface area (Å²) in [4.78, 5) is 2.64. The van der Waals surface area contributed by atoms with Crippen LogP contribution in [0.2, 0.25) is 0 Å². The van der Waals surface area contributed by atoms with Crippen LogP contribution < -0.4 is 5.32 Å². The van der Waals surface area contributed by atoms with Crippen molar-refractivity contribution in [2.24, 2.45) is 11.3 Å². The Kier molecular flexibility index (Phi) is 5.77. The molecule has 0 aliphatic carbocycles. The molecule has 0 bridgehead atoms. The first kappa shape index (κ1) is 14.0. The summed E-state index contributed by atoms with van der Waals surface area (Å²) >= 11 is 0. The summed E-state index contributed by atoms with van der Waals surface area (Å²) in [6.07, 6.45) is 4.03. The van der Waals surface area contributed by atoms with Gasteiger partial charge < -0.3 is 10.2 Å². The van der Waals surface area contributed by atoms with Crippen LogP contribution in [-0.4, -0.2) is 37.6 Å². The van der Waals surface area contributed by atoms with Gasteiger partial charge in [-0.05, 0) is 37.3 Å². The Balaban J connectivity index is 2.41. The lowest BCUT2D eigenvalue weighted by Crippen LogP contribution is -2.46. The van der Waals surface area contributed by atoms with Crippen molar-refractivity contribution < 1.29 is 0 Å². The van der Waals surface area contributed by atoms with Crippen LogP contribution >= 0.6 is 0 Å². The quantitative estimate of drug-likeness (QED) is 0.749. The highest BCUT2D eigenvalue weighted by Gasteiger charge is 2.28. The normalized spacial score (nSPS) is 28.3. The van der Waals surface area contributed by atoms with E-state index in [2.05, 4.69) is 37.9 Å². The average molecular weight is 226 g/mol. The van der Waals surface area contributed by atoms with Crippen LogP contribution in [0.25, 0.3) is 0 Å². The van der Waals surface area contributed by atoms with Crippen molar-refractivity contribution in [1.82, 2.24) is 10.2 Å². The van der Waals surface area contributed by atoms with Gasteiger partial charge in [0, 0.05) is 19.6 Å². The Morgan fingerprint density at radius 2 is 2.12 bits per heavy atom. The van der Waals surface area contributed by atoms with Crippen molar-refractivity contribution in [2.75, 3.05) is 32.7 Å². The van der Waals surface area contributed by atoms with Crippen molar-refractivity contribution >= 4 is 0 Å². The maximum absolute atomic E-state index is 3.55. The monoisotopic (exact) mass is 226 g/mol. The molecule has 1 saturated heterocycles. The largest absolute Gasteiger partial charge is 0.316 e. The second-order valence-corrected chi connectivity index (χ2v) is 5.93. The van der Waals surface area contributed by atoms with Gasteiger partial charge in [-0.2, -0.15) is 0 Å². The lowest BCUT2D eigenvalue weighted by molar-refractivity contribution is 0.124. The molecule has 2 nitrogen and oxygen atoms in total. The summed E-state index contributed by atoms with van der Waals surface area (Å²) in [5.74, 6) is 0.833. The predicted molar refractivity (Wildman–Crippen MR) is 71.8 cm³/mol. The van der Waals surface area contributed by atoms with E-state index in [9.17, 15) is 0 Å². The second kappa shape index (κ2) is 6.61. The molecule has 1 aliphatic rings. The van der Waals surface area contributed by atoms with E-state index < -0.39 is 0 Å². The fourth-order valence-corrected chi connectivity index (χ4v) is 2.67. The fourth-order valence-electron chi connectivity index (χ4n) is 2.67. The van der Waals surface area contributed by atoms with Gasteiger partial charge in [0.15, 0.2) is 0 Å². The van der Waals surface area contributed by atoms with E-state index in [1.54, 1.807) is 0 Å². The molecular formula is C14H30N2. The minimum atomic E-state index is 0.502. The summed E-state index contributed by atoms with van der Waals surface area (Å²) in [6.45, 7) is 15.5. The number of piperidine rings is 1. The Morgan fingerprint density at radius 3 is 2.62 bits per heavy atom. The Hall–Kier alpha value is -0.0800. The molecule has 0 spiro atoms. The Bertz CT molecular complexity index is 185. The Morgan fingerprint density at radius 1 is 1.38 bits per heavy atom. The first-order valence-electron chi connectivity index (χ1n) is 7.02. The fraction of sp³-hybridized carbons (Fsp3) is 1.00. The van der Waals surface area contributed by atoms with Crippen LogP contribution in [0.5, 0.6) is 0 Å². The molecule has 2 atom stereocenters. The first-order valence-corrected chi connectivity index (χ1v) is 7.02. The minimum absolute atomic E-state index is 0.502. The molecular weight excluding hydrogens is 196 g/mol. The third-order valence-corrected chi connectivity index (χ3v) is 4.00. The number of hydrogen-bond acceptors (Lipinski definition) is 2. The molecule has 0 aromatic carbocycles. The topological polar surface area (TPSA) is 15.3 Å². The van der Waals surface area contributed by atoms with Crippen LogP contribution in [0.15, 0.2) is 0 Å². The van der Waals surface area contributed by atoms with Gasteiger partial charge in [-0.25, -0.2) is 0 Å².